The van der Waals surface area contributed by atoms with Crippen LogP contribution >= 0.6 is 0 Å². The van der Waals surface area contributed by atoms with Crippen LogP contribution in [0.2, 0.25) is 0 Å². The number of fused-ring (bicyclic) bond motifs is 6. The zero-order valence-electron chi connectivity index (χ0n) is 16.1. The van der Waals surface area contributed by atoms with Gasteiger partial charge < -0.3 is 0 Å². The zero-order chi connectivity index (χ0) is 20.2. The molecule has 0 spiro atoms. The first-order chi connectivity index (χ1) is 14.7. The molecule has 0 atom stereocenters. The second-order valence-corrected chi connectivity index (χ2v) is 7.68. The van der Waals surface area contributed by atoms with Crippen LogP contribution in [0.4, 0.5) is 0 Å². The Bertz CT molecular complexity index is 1540. The zero-order valence-corrected chi connectivity index (χ0v) is 16.1. The number of hydrogen-bond donors (Lipinski definition) is 0. The number of nitrogens with zero attached hydrogens (tertiary/aromatic N) is 1. The summed E-state index contributed by atoms with van der Waals surface area (Å²) < 4.78 is 1.37. The SMILES string of the molecule is O=c1c2ccccc2c2ccccc2c(=O)n1-c1cccc2c1-c1ccccc1C2. The summed E-state index contributed by atoms with van der Waals surface area (Å²) in [6.07, 6.45) is 0.808. The standard InChI is InChI=1S/C27H17NO2/c29-26-22-13-5-3-11-20(22)21-12-4-6-14-23(21)27(30)28(26)24-15-7-9-18-16-17-8-1-2-10-19(17)25(18)24/h1-15H,16H2. The van der Waals surface area contributed by atoms with Gasteiger partial charge in [0.2, 0.25) is 0 Å². The predicted molar refractivity (Wildman–Crippen MR) is 122 cm³/mol. The first-order valence-electron chi connectivity index (χ1n) is 10.0. The van der Waals surface area contributed by atoms with E-state index < -0.39 is 0 Å². The molecule has 6 rings (SSSR count). The number of aromatic nitrogens is 1. The van der Waals surface area contributed by atoms with Crippen molar-refractivity contribution in [2.24, 2.45) is 0 Å². The second kappa shape index (κ2) is 6.26. The molecule has 0 radical (unpaired) electrons. The highest BCUT2D eigenvalue weighted by Crippen LogP contribution is 2.39. The van der Waals surface area contributed by atoms with Gasteiger partial charge in [0.1, 0.15) is 0 Å². The van der Waals surface area contributed by atoms with Crippen LogP contribution in [-0.2, 0) is 6.42 Å². The van der Waals surface area contributed by atoms with Gasteiger partial charge in [0.25, 0.3) is 11.1 Å². The van der Waals surface area contributed by atoms with Gasteiger partial charge in [0.15, 0.2) is 0 Å². The van der Waals surface area contributed by atoms with E-state index >= 15 is 0 Å². The molecule has 1 heterocycles. The van der Waals surface area contributed by atoms with Crippen molar-refractivity contribution in [2.45, 2.75) is 6.42 Å². The van der Waals surface area contributed by atoms with Crippen molar-refractivity contribution in [3.63, 3.8) is 0 Å². The molecule has 0 fully saturated rings. The van der Waals surface area contributed by atoms with Crippen molar-refractivity contribution in [2.75, 3.05) is 0 Å². The molecule has 1 aromatic heterocycles. The number of hydrogen-bond acceptors (Lipinski definition) is 2. The van der Waals surface area contributed by atoms with Crippen molar-refractivity contribution < 1.29 is 0 Å². The largest absolute Gasteiger partial charge is 0.268 e. The van der Waals surface area contributed by atoms with Crippen molar-refractivity contribution in [3.8, 4) is 16.8 Å². The van der Waals surface area contributed by atoms with Gasteiger partial charge in [0.05, 0.1) is 5.69 Å². The Balaban J connectivity index is 1.85. The molecule has 1 aliphatic rings. The third-order valence-electron chi connectivity index (χ3n) is 6.05. The van der Waals surface area contributed by atoms with Gasteiger partial charge in [-0.3, -0.25) is 9.59 Å². The van der Waals surface area contributed by atoms with Crippen molar-refractivity contribution in [1.29, 1.82) is 0 Å². The molecule has 0 unspecified atom stereocenters. The van der Waals surface area contributed by atoms with Crippen LogP contribution in [0.15, 0.2) is 101 Å². The third kappa shape index (κ3) is 2.26. The van der Waals surface area contributed by atoms with E-state index in [2.05, 4.69) is 18.2 Å². The van der Waals surface area contributed by atoms with E-state index in [1.54, 1.807) is 12.1 Å². The Hall–Kier alpha value is -3.98. The van der Waals surface area contributed by atoms with Crippen LogP contribution in [0.25, 0.3) is 38.4 Å². The molecule has 0 saturated heterocycles. The number of benzene rings is 4. The van der Waals surface area contributed by atoms with Crippen molar-refractivity contribution in [3.05, 3.63) is 123 Å². The molecular formula is C27H17NO2. The molecule has 5 aromatic rings. The lowest BCUT2D eigenvalue weighted by atomic mass is 10.0. The first-order valence-corrected chi connectivity index (χ1v) is 10.0. The molecule has 30 heavy (non-hydrogen) atoms. The fourth-order valence-electron chi connectivity index (χ4n) is 4.72. The van der Waals surface area contributed by atoms with E-state index in [0.717, 1.165) is 33.9 Å². The fourth-order valence-corrected chi connectivity index (χ4v) is 4.72. The van der Waals surface area contributed by atoms with Gasteiger partial charge in [-0.2, -0.15) is 0 Å². The van der Waals surface area contributed by atoms with E-state index in [9.17, 15) is 9.59 Å². The Labute approximate surface area is 172 Å². The first kappa shape index (κ1) is 16.9. The molecule has 0 N–H and O–H groups in total. The van der Waals surface area contributed by atoms with E-state index in [0.29, 0.717) is 16.5 Å². The Kier molecular flexibility index (Phi) is 3.53. The van der Waals surface area contributed by atoms with E-state index in [1.165, 1.54) is 10.1 Å². The smallest absolute Gasteiger partial charge is 0.265 e. The summed E-state index contributed by atoms with van der Waals surface area (Å²) in [6, 6.07) is 29.0. The molecule has 1 aliphatic carbocycles. The average molecular weight is 387 g/mol. The molecule has 0 amide bonds. The van der Waals surface area contributed by atoms with E-state index in [4.69, 9.17) is 0 Å². The molecule has 0 bridgehead atoms. The van der Waals surface area contributed by atoms with Crippen molar-refractivity contribution in [1.82, 2.24) is 4.57 Å². The van der Waals surface area contributed by atoms with E-state index in [1.807, 2.05) is 60.7 Å². The maximum absolute atomic E-state index is 13.7. The molecule has 0 aliphatic heterocycles. The topological polar surface area (TPSA) is 39.1 Å². The van der Waals surface area contributed by atoms with Crippen LogP contribution in [0, 0.1) is 0 Å². The molecule has 3 nitrogen and oxygen atoms in total. The average Bonchev–Trinajstić information content (AvgIpc) is 3.14. The van der Waals surface area contributed by atoms with Crippen LogP contribution in [0.1, 0.15) is 11.1 Å². The van der Waals surface area contributed by atoms with Crippen LogP contribution < -0.4 is 11.1 Å². The summed E-state index contributed by atoms with van der Waals surface area (Å²) in [5.41, 5.74) is 4.50. The number of rotatable bonds is 1. The van der Waals surface area contributed by atoms with Gasteiger partial charge in [-0.05, 0) is 52.1 Å². The van der Waals surface area contributed by atoms with Gasteiger partial charge in [-0.15, -0.1) is 0 Å². The summed E-state index contributed by atoms with van der Waals surface area (Å²) in [5.74, 6) is 0. The Morgan fingerprint density at radius 3 is 1.73 bits per heavy atom. The summed E-state index contributed by atoms with van der Waals surface area (Å²) >= 11 is 0. The maximum atomic E-state index is 13.7. The maximum Gasteiger partial charge on any atom is 0.265 e. The van der Waals surface area contributed by atoms with Crippen LogP contribution in [0.3, 0.4) is 0 Å². The lowest BCUT2D eigenvalue weighted by molar-refractivity contribution is 0.976. The van der Waals surface area contributed by atoms with Crippen LogP contribution in [0.5, 0.6) is 0 Å². The normalized spacial score (nSPS) is 12.1. The van der Waals surface area contributed by atoms with E-state index in [-0.39, 0.29) is 11.1 Å². The predicted octanol–water partition coefficient (Wildman–Crippen LogP) is 5.08. The minimum absolute atomic E-state index is 0.287. The molecular weight excluding hydrogens is 370 g/mol. The highest BCUT2D eigenvalue weighted by Gasteiger charge is 2.23. The minimum Gasteiger partial charge on any atom is -0.268 e. The highest BCUT2D eigenvalue weighted by atomic mass is 16.2. The summed E-state index contributed by atoms with van der Waals surface area (Å²) in [6.45, 7) is 0. The molecule has 4 aromatic carbocycles. The van der Waals surface area contributed by atoms with Crippen molar-refractivity contribution >= 4 is 21.5 Å². The minimum atomic E-state index is -0.287. The molecule has 3 heteroatoms. The van der Waals surface area contributed by atoms with Gasteiger partial charge in [-0.1, -0.05) is 72.8 Å². The molecule has 0 saturated carbocycles. The quantitative estimate of drug-likeness (QED) is 0.395. The lowest BCUT2D eigenvalue weighted by Crippen LogP contribution is -2.29. The third-order valence-corrected chi connectivity index (χ3v) is 6.05. The summed E-state index contributed by atoms with van der Waals surface area (Å²) in [4.78, 5) is 27.5. The Morgan fingerprint density at radius 1 is 0.533 bits per heavy atom. The van der Waals surface area contributed by atoms with Gasteiger partial charge >= 0.3 is 0 Å². The Morgan fingerprint density at radius 2 is 1.07 bits per heavy atom. The van der Waals surface area contributed by atoms with Gasteiger partial charge in [-0.25, -0.2) is 4.57 Å². The summed E-state index contributed by atoms with van der Waals surface area (Å²) in [7, 11) is 0. The van der Waals surface area contributed by atoms with Gasteiger partial charge in [0, 0.05) is 16.3 Å². The molecule has 142 valence electrons. The summed E-state index contributed by atoms with van der Waals surface area (Å²) in [5, 5.41) is 2.67. The highest BCUT2D eigenvalue weighted by molar-refractivity contribution is 6.05. The fraction of sp³-hybridized carbons (Fsp3) is 0.0370. The second-order valence-electron chi connectivity index (χ2n) is 7.68. The van der Waals surface area contributed by atoms with Crippen LogP contribution in [-0.4, -0.2) is 4.57 Å². The lowest BCUT2D eigenvalue weighted by Gasteiger charge is -2.10. The monoisotopic (exact) mass is 387 g/mol.